The zero-order valence-corrected chi connectivity index (χ0v) is 13.6. The van der Waals surface area contributed by atoms with Crippen LogP contribution in [0.4, 0.5) is 0 Å². The van der Waals surface area contributed by atoms with Crippen LogP contribution in [-0.2, 0) is 0 Å². The molecule has 0 aliphatic carbocycles. The van der Waals surface area contributed by atoms with Crippen molar-refractivity contribution in [3.8, 4) is 28.2 Å². The van der Waals surface area contributed by atoms with E-state index in [0.29, 0.717) is 5.02 Å². The van der Waals surface area contributed by atoms with Crippen molar-refractivity contribution in [3.63, 3.8) is 0 Å². The Labute approximate surface area is 145 Å². The number of nitrogens with zero attached hydrogens (tertiary/aromatic N) is 3. The quantitative estimate of drug-likeness (QED) is 0.513. The van der Waals surface area contributed by atoms with E-state index in [1.807, 2.05) is 84.9 Å². The highest BCUT2D eigenvalue weighted by Crippen LogP contribution is 2.30. The van der Waals surface area contributed by atoms with Crippen molar-refractivity contribution >= 4 is 11.6 Å². The molecule has 0 fully saturated rings. The first kappa shape index (κ1) is 14.7. The topological polar surface area (TPSA) is 30.7 Å². The first-order valence-electron chi connectivity index (χ1n) is 7.66. The van der Waals surface area contributed by atoms with Gasteiger partial charge in [0.2, 0.25) is 0 Å². The normalized spacial score (nSPS) is 10.7. The average molecular weight is 332 g/mol. The first-order valence-corrected chi connectivity index (χ1v) is 8.04. The lowest BCUT2D eigenvalue weighted by molar-refractivity contribution is 0.756. The van der Waals surface area contributed by atoms with E-state index in [1.165, 1.54) is 0 Å². The van der Waals surface area contributed by atoms with Gasteiger partial charge >= 0.3 is 0 Å². The fraction of sp³-hybridized carbons (Fsp3) is 0. The Kier molecular flexibility index (Phi) is 3.85. The van der Waals surface area contributed by atoms with Crippen molar-refractivity contribution in [2.24, 2.45) is 0 Å². The van der Waals surface area contributed by atoms with Crippen LogP contribution in [-0.4, -0.2) is 15.0 Å². The SMILES string of the molecule is Clc1ccccc1-n1nc(-c2ccccc2)c(-c2ccccc2)n1. The van der Waals surface area contributed by atoms with Gasteiger partial charge in [0.05, 0.1) is 5.02 Å². The zero-order chi connectivity index (χ0) is 16.4. The molecule has 0 radical (unpaired) electrons. The maximum Gasteiger partial charge on any atom is 0.121 e. The molecule has 3 aromatic carbocycles. The lowest BCUT2D eigenvalue weighted by atomic mass is 10.1. The summed E-state index contributed by atoms with van der Waals surface area (Å²) < 4.78 is 0. The summed E-state index contributed by atoms with van der Waals surface area (Å²) in [6.45, 7) is 0. The van der Waals surface area contributed by atoms with Crippen molar-refractivity contribution < 1.29 is 0 Å². The molecule has 4 rings (SSSR count). The second-order valence-electron chi connectivity index (χ2n) is 5.37. The number of rotatable bonds is 3. The van der Waals surface area contributed by atoms with Crippen molar-refractivity contribution in [1.82, 2.24) is 15.0 Å². The summed E-state index contributed by atoms with van der Waals surface area (Å²) in [7, 11) is 0. The third-order valence-corrected chi connectivity index (χ3v) is 4.10. The molecule has 0 aliphatic heterocycles. The maximum atomic E-state index is 6.31. The lowest BCUT2D eigenvalue weighted by Crippen LogP contribution is -1.99. The van der Waals surface area contributed by atoms with E-state index < -0.39 is 0 Å². The van der Waals surface area contributed by atoms with Gasteiger partial charge in [0.15, 0.2) is 0 Å². The first-order chi connectivity index (χ1) is 11.8. The summed E-state index contributed by atoms with van der Waals surface area (Å²) in [5.74, 6) is 0. The van der Waals surface area contributed by atoms with Crippen LogP contribution in [0.3, 0.4) is 0 Å². The largest absolute Gasteiger partial charge is 0.149 e. The zero-order valence-electron chi connectivity index (χ0n) is 12.8. The van der Waals surface area contributed by atoms with E-state index in [9.17, 15) is 0 Å². The molecule has 0 unspecified atom stereocenters. The third-order valence-electron chi connectivity index (χ3n) is 3.78. The standard InChI is InChI=1S/C20H14ClN3/c21-17-13-7-8-14-18(17)24-22-19(15-9-3-1-4-10-15)20(23-24)16-11-5-2-6-12-16/h1-14H. The van der Waals surface area contributed by atoms with Crippen molar-refractivity contribution in [1.29, 1.82) is 0 Å². The van der Waals surface area contributed by atoms with Gasteiger partial charge in [-0.1, -0.05) is 84.4 Å². The van der Waals surface area contributed by atoms with Crippen LogP contribution in [0.2, 0.25) is 5.02 Å². The molecular formula is C20H14ClN3. The summed E-state index contributed by atoms with van der Waals surface area (Å²) in [5.41, 5.74) is 4.48. The molecular weight excluding hydrogens is 318 g/mol. The molecule has 0 bridgehead atoms. The predicted molar refractivity (Wildman–Crippen MR) is 97.2 cm³/mol. The average Bonchev–Trinajstić information content (AvgIpc) is 3.09. The van der Waals surface area contributed by atoms with E-state index in [2.05, 4.69) is 0 Å². The molecule has 0 saturated heterocycles. The van der Waals surface area contributed by atoms with Gasteiger partial charge in [0.25, 0.3) is 0 Å². The van der Waals surface area contributed by atoms with Gasteiger partial charge in [0.1, 0.15) is 17.1 Å². The third kappa shape index (κ3) is 2.70. The molecule has 116 valence electrons. The highest BCUT2D eigenvalue weighted by molar-refractivity contribution is 6.32. The summed E-state index contributed by atoms with van der Waals surface area (Å²) in [6.07, 6.45) is 0. The highest BCUT2D eigenvalue weighted by Gasteiger charge is 2.16. The molecule has 24 heavy (non-hydrogen) atoms. The van der Waals surface area contributed by atoms with Crippen LogP contribution in [0.15, 0.2) is 84.9 Å². The van der Waals surface area contributed by atoms with Crippen LogP contribution in [0.1, 0.15) is 0 Å². The number of hydrogen-bond acceptors (Lipinski definition) is 2. The van der Waals surface area contributed by atoms with E-state index in [-0.39, 0.29) is 0 Å². The highest BCUT2D eigenvalue weighted by atomic mass is 35.5. The minimum absolute atomic E-state index is 0.617. The fourth-order valence-corrected chi connectivity index (χ4v) is 2.82. The predicted octanol–water partition coefficient (Wildman–Crippen LogP) is 5.25. The van der Waals surface area contributed by atoms with Crippen molar-refractivity contribution in [3.05, 3.63) is 90.0 Å². The fourth-order valence-electron chi connectivity index (χ4n) is 2.61. The smallest absolute Gasteiger partial charge is 0.121 e. The molecule has 0 saturated carbocycles. The van der Waals surface area contributed by atoms with Gasteiger partial charge < -0.3 is 0 Å². The summed E-state index contributed by atoms with van der Waals surface area (Å²) in [5, 5.41) is 10.0. The van der Waals surface area contributed by atoms with Crippen molar-refractivity contribution in [2.45, 2.75) is 0 Å². The van der Waals surface area contributed by atoms with E-state index >= 15 is 0 Å². The van der Waals surface area contributed by atoms with Crippen LogP contribution in [0.5, 0.6) is 0 Å². The van der Waals surface area contributed by atoms with Gasteiger partial charge in [-0.05, 0) is 12.1 Å². The van der Waals surface area contributed by atoms with Crippen molar-refractivity contribution in [2.75, 3.05) is 0 Å². The Morgan fingerprint density at radius 2 is 1.04 bits per heavy atom. The number of halogens is 1. The van der Waals surface area contributed by atoms with Gasteiger partial charge in [-0.15, -0.1) is 15.0 Å². The van der Waals surface area contributed by atoms with Crippen LogP contribution < -0.4 is 0 Å². The van der Waals surface area contributed by atoms with Gasteiger partial charge in [-0.25, -0.2) is 0 Å². The molecule has 0 amide bonds. The molecule has 1 aromatic heterocycles. The Hall–Kier alpha value is -2.91. The van der Waals surface area contributed by atoms with Crippen LogP contribution in [0.25, 0.3) is 28.2 Å². The van der Waals surface area contributed by atoms with Gasteiger partial charge in [0, 0.05) is 11.1 Å². The maximum absolute atomic E-state index is 6.31. The number of benzene rings is 3. The monoisotopic (exact) mass is 331 g/mol. The molecule has 4 heteroatoms. The second kappa shape index (κ2) is 6.30. The summed E-state index contributed by atoms with van der Waals surface area (Å²) in [4.78, 5) is 1.60. The van der Waals surface area contributed by atoms with Crippen LogP contribution >= 0.6 is 11.6 Å². The number of hydrogen-bond donors (Lipinski definition) is 0. The Morgan fingerprint density at radius 1 is 0.583 bits per heavy atom. The Balaban J connectivity index is 1.94. The minimum Gasteiger partial charge on any atom is -0.149 e. The Morgan fingerprint density at radius 3 is 1.54 bits per heavy atom. The van der Waals surface area contributed by atoms with E-state index in [1.54, 1.807) is 4.80 Å². The molecule has 3 nitrogen and oxygen atoms in total. The molecule has 4 aromatic rings. The van der Waals surface area contributed by atoms with Crippen LogP contribution in [0, 0.1) is 0 Å². The Bertz CT molecular complexity index is 906. The lowest BCUT2D eigenvalue weighted by Gasteiger charge is -2.01. The molecule has 0 aliphatic rings. The number of para-hydroxylation sites is 1. The summed E-state index contributed by atoms with van der Waals surface area (Å²) >= 11 is 6.31. The molecule has 0 spiro atoms. The van der Waals surface area contributed by atoms with E-state index in [0.717, 1.165) is 28.2 Å². The van der Waals surface area contributed by atoms with E-state index in [4.69, 9.17) is 21.8 Å². The van der Waals surface area contributed by atoms with Gasteiger partial charge in [-0.2, -0.15) is 0 Å². The number of aromatic nitrogens is 3. The van der Waals surface area contributed by atoms with Gasteiger partial charge in [-0.3, -0.25) is 0 Å². The molecule has 1 heterocycles. The molecule has 0 N–H and O–H groups in total. The second-order valence-corrected chi connectivity index (χ2v) is 5.78. The minimum atomic E-state index is 0.617. The summed E-state index contributed by atoms with van der Waals surface area (Å²) in [6, 6.07) is 27.7. The molecule has 0 atom stereocenters.